The maximum absolute atomic E-state index is 15.0. The topological polar surface area (TPSA) is 89.4 Å². The van der Waals surface area contributed by atoms with Crippen molar-refractivity contribution in [2.45, 2.75) is 38.0 Å². The minimum atomic E-state index is -4.68. The van der Waals surface area contributed by atoms with Crippen LogP contribution in [-0.4, -0.2) is 41.8 Å². The van der Waals surface area contributed by atoms with Gasteiger partial charge in [0, 0.05) is 30.1 Å². The Bertz CT molecular complexity index is 2090. The third kappa shape index (κ3) is 6.71. The molecule has 0 saturated heterocycles. The van der Waals surface area contributed by atoms with Crippen molar-refractivity contribution in [3.63, 3.8) is 0 Å². The Morgan fingerprint density at radius 2 is 1.56 bits per heavy atom. The van der Waals surface area contributed by atoms with Gasteiger partial charge < -0.3 is 19.9 Å². The fraction of sp³-hybridized carbons (Fsp3) is 0.229. The van der Waals surface area contributed by atoms with Gasteiger partial charge in [0.25, 0.3) is 11.5 Å². The molecule has 0 aliphatic carbocycles. The van der Waals surface area contributed by atoms with E-state index in [-0.39, 0.29) is 12.0 Å². The zero-order chi connectivity index (χ0) is 34.9. The zero-order valence-electron chi connectivity index (χ0n) is 25.8. The van der Waals surface area contributed by atoms with E-state index in [1.54, 1.807) is 49.5 Å². The summed E-state index contributed by atoms with van der Waals surface area (Å²) in [6, 6.07) is 13.5. The highest BCUT2D eigenvalue weighted by Gasteiger charge is 2.38. The number of esters is 1. The van der Waals surface area contributed by atoms with E-state index >= 15 is 0 Å². The summed E-state index contributed by atoms with van der Waals surface area (Å²) in [7, 11) is 2.64. The van der Waals surface area contributed by atoms with E-state index in [0.29, 0.717) is 50.5 Å². The molecule has 0 spiro atoms. The molecule has 0 saturated carbocycles. The maximum atomic E-state index is 15.0. The number of anilines is 1. The molecule has 0 radical (unpaired) electrons. The van der Waals surface area contributed by atoms with Gasteiger partial charge in [0.1, 0.15) is 35.1 Å². The summed E-state index contributed by atoms with van der Waals surface area (Å²) >= 11 is 0. The summed E-state index contributed by atoms with van der Waals surface area (Å²) in [6.07, 6.45) is -5.30. The maximum Gasteiger partial charge on any atom is 0.408 e. The molecule has 1 amide bonds. The molecule has 5 rings (SSSR count). The lowest BCUT2D eigenvalue weighted by Crippen LogP contribution is -2.43. The van der Waals surface area contributed by atoms with Gasteiger partial charge in [-0.15, -0.1) is 0 Å². The van der Waals surface area contributed by atoms with Crippen molar-refractivity contribution in [1.29, 1.82) is 0 Å². The average Bonchev–Trinajstić information content (AvgIpc) is 3.03. The van der Waals surface area contributed by atoms with Crippen LogP contribution in [0.5, 0.6) is 0 Å². The third-order valence-electron chi connectivity index (χ3n) is 8.12. The van der Waals surface area contributed by atoms with Crippen LogP contribution in [0.1, 0.15) is 29.3 Å². The summed E-state index contributed by atoms with van der Waals surface area (Å²) in [4.78, 5) is 39.3. The number of alkyl halides is 3. The van der Waals surface area contributed by atoms with Crippen LogP contribution in [0.4, 0.5) is 32.0 Å². The van der Waals surface area contributed by atoms with E-state index in [1.165, 1.54) is 29.7 Å². The van der Waals surface area contributed by atoms with Gasteiger partial charge in [0.15, 0.2) is 0 Å². The standard InChI is InChI=1S/C35H29F6N3O4/c1-4-30(35(39,40)41)42-21-16-26(37)31(27(38)17-21)32(45)43-28(34(47)48-3)15-18-9-11-24(23-8-6-5-7-22(18)23)25-14-19-13-20(36)10-12-29(19)44(2)33(25)46/h5-14,16-17,28,30,42H,4,15H2,1-3H3,(H,43,45)/t28-,30+/m0/s1. The van der Waals surface area contributed by atoms with Crippen molar-refractivity contribution in [3.05, 3.63) is 112 Å². The zero-order valence-corrected chi connectivity index (χ0v) is 25.8. The summed E-state index contributed by atoms with van der Waals surface area (Å²) in [5, 5.41) is 5.99. The molecule has 7 nitrogen and oxygen atoms in total. The second kappa shape index (κ2) is 13.4. The van der Waals surface area contributed by atoms with Crippen LogP contribution >= 0.6 is 0 Å². The van der Waals surface area contributed by atoms with Gasteiger partial charge in [-0.3, -0.25) is 9.59 Å². The van der Waals surface area contributed by atoms with Gasteiger partial charge in [-0.25, -0.2) is 18.0 Å². The Labute approximate surface area is 270 Å². The molecule has 2 N–H and O–H groups in total. The highest BCUT2D eigenvalue weighted by molar-refractivity contribution is 6.01. The number of ether oxygens (including phenoxy) is 1. The lowest BCUT2D eigenvalue weighted by molar-refractivity contribution is -0.143. The minimum Gasteiger partial charge on any atom is -0.467 e. The van der Waals surface area contributed by atoms with Crippen molar-refractivity contribution in [3.8, 4) is 11.1 Å². The normalized spacial score (nSPS) is 12.9. The van der Waals surface area contributed by atoms with E-state index in [9.17, 15) is 40.7 Å². The molecule has 1 aromatic heterocycles. The van der Waals surface area contributed by atoms with Gasteiger partial charge >= 0.3 is 12.1 Å². The van der Waals surface area contributed by atoms with Crippen LogP contribution in [0.3, 0.4) is 0 Å². The first kappa shape index (κ1) is 34.0. The van der Waals surface area contributed by atoms with E-state index < -0.39 is 65.3 Å². The van der Waals surface area contributed by atoms with Crippen LogP contribution in [0.2, 0.25) is 0 Å². The number of aryl methyl sites for hydroxylation is 1. The number of amides is 1. The van der Waals surface area contributed by atoms with Gasteiger partial charge in [0.05, 0.1) is 12.6 Å². The van der Waals surface area contributed by atoms with Crippen molar-refractivity contribution in [2.24, 2.45) is 7.05 Å². The second-order valence-electron chi connectivity index (χ2n) is 11.2. The lowest BCUT2D eigenvalue weighted by atomic mass is 9.92. The number of pyridine rings is 1. The number of carbonyl (C=O) groups is 2. The summed E-state index contributed by atoms with van der Waals surface area (Å²) in [5.41, 5.74) is -0.0963. The number of halogens is 6. The monoisotopic (exact) mass is 669 g/mol. The van der Waals surface area contributed by atoms with Gasteiger partial charge in [-0.2, -0.15) is 13.2 Å². The van der Waals surface area contributed by atoms with Crippen molar-refractivity contribution >= 4 is 39.2 Å². The molecule has 0 bridgehead atoms. The summed E-state index contributed by atoms with van der Waals surface area (Å²) < 4.78 is 89.8. The molecule has 2 atom stereocenters. The van der Waals surface area contributed by atoms with Crippen LogP contribution < -0.4 is 16.2 Å². The van der Waals surface area contributed by atoms with E-state index in [0.717, 1.165) is 7.11 Å². The Hall–Kier alpha value is -5.33. The average molecular weight is 670 g/mol. The molecule has 1 heterocycles. The Morgan fingerprint density at radius 3 is 2.19 bits per heavy atom. The minimum absolute atomic E-state index is 0.202. The number of hydrogen-bond acceptors (Lipinski definition) is 5. The Morgan fingerprint density at radius 1 is 0.896 bits per heavy atom. The largest absolute Gasteiger partial charge is 0.467 e. The van der Waals surface area contributed by atoms with E-state index in [2.05, 4.69) is 5.32 Å². The van der Waals surface area contributed by atoms with Crippen LogP contribution in [-0.2, 0) is 23.0 Å². The predicted octanol–water partition coefficient (Wildman–Crippen LogP) is 7.04. The molecule has 5 aromatic rings. The first-order chi connectivity index (χ1) is 22.7. The summed E-state index contributed by atoms with van der Waals surface area (Å²) in [5.74, 6) is -5.62. The third-order valence-corrected chi connectivity index (χ3v) is 8.12. The quantitative estimate of drug-likeness (QED) is 0.130. The Balaban J connectivity index is 1.48. The number of hydrogen-bond donors (Lipinski definition) is 2. The first-order valence-corrected chi connectivity index (χ1v) is 14.7. The number of nitrogens with one attached hydrogen (secondary N) is 2. The van der Waals surface area contributed by atoms with Crippen molar-refractivity contribution in [1.82, 2.24) is 9.88 Å². The SMILES string of the molecule is CC[C@@H](Nc1cc(F)c(C(=O)N[C@@H](Cc2ccc(-c3cc4cc(F)ccc4n(C)c3=O)c3ccccc23)C(=O)OC)c(F)c1)C(F)(F)F. The van der Waals surface area contributed by atoms with Crippen LogP contribution in [0, 0.1) is 17.5 Å². The summed E-state index contributed by atoms with van der Waals surface area (Å²) in [6.45, 7) is 1.25. The lowest BCUT2D eigenvalue weighted by Gasteiger charge is -2.22. The predicted molar refractivity (Wildman–Crippen MR) is 169 cm³/mol. The highest BCUT2D eigenvalue weighted by Crippen LogP contribution is 2.32. The molecular formula is C35H29F6N3O4. The molecule has 0 aliphatic heterocycles. The second-order valence-corrected chi connectivity index (χ2v) is 11.2. The number of aromatic nitrogens is 1. The highest BCUT2D eigenvalue weighted by atomic mass is 19.4. The van der Waals surface area contributed by atoms with Crippen LogP contribution in [0.15, 0.2) is 77.6 Å². The number of carbonyl (C=O) groups excluding carboxylic acids is 2. The Kier molecular flexibility index (Phi) is 9.51. The van der Waals surface area contributed by atoms with Gasteiger partial charge in [0.2, 0.25) is 0 Å². The molecule has 13 heteroatoms. The van der Waals surface area contributed by atoms with E-state index in [4.69, 9.17) is 4.74 Å². The number of fused-ring (bicyclic) bond motifs is 2. The molecule has 0 fully saturated rings. The number of methoxy groups -OCH3 is 1. The fourth-order valence-corrected chi connectivity index (χ4v) is 5.70. The van der Waals surface area contributed by atoms with Crippen molar-refractivity contribution in [2.75, 3.05) is 12.4 Å². The smallest absolute Gasteiger partial charge is 0.408 e. The number of benzene rings is 4. The van der Waals surface area contributed by atoms with Gasteiger partial charge in [-0.1, -0.05) is 43.3 Å². The van der Waals surface area contributed by atoms with Crippen LogP contribution in [0.25, 0.3) is 32.8 Å². The number of nitrogens with zero attached hydrogens (tertiary/aromatic N) is 1. The molecule has 4 aromatic carbocycles. The molecule has 0 unspecified atom stereocenters. The van der Waals surface area contributed by atoms with Gasteiger partial charge in [-0.05, 0) is 64.7 Å². The molecule has 48 heavy (non-hydrogen) atoms. The first-order valence-electron chi connectivity index (χ1n) is 14.7. The molecule has 250 valence electrons. The fourth-order valence-electron chi connectivity index (χ4n) is 5.70. The van der Waals surface area contributed by atoms with E-state index in [1.807, 2.05) is 5.32 Å². The molecular weight excluding hydrogens is 640 g/mol. The number of rotatable bonds is 9. The molecule has 0 aliphatic rings. The van der Waals surface area contributed by atoms with Crippen molar-refractivity contribution < 1.29 is 40.7 Å².